The number of rotatable bonds is 4. The molecule has 2 nitrogen and oxygen atoms in total. The van der Waals surface area contributed by atoms with Crippen molar-refractivity contribution < 1.29 is 4.79 Å². The Labute approximate surface area is 107 Å². The fraction of sp³-hybridized carbons (Fsp3) is 0.188. The number of carbonyl (C=O) groups is 1. The van der Waals surface area contributed by atoms with Gasteiger partial charge in [-0.3, -0.25) is 4.79 Å². The van der Waals surface area contributed by atoms with Crippen molar-refractivity contribution in [2.45, 2.75) is 19.3 Å². The first-order valence-corrected chi connectivity index (χ1v) is 6.10. The molecule has 0 aliphatic carbocycles. The standard InChI is InChI=1S/C16H17NO/c1-12(11-16(17)18)13-7-9-15(10-8-13)14-5-3-2-4-6-14/h2-10,12H,11H2,1H3,(H2,17,18). The van der Waals surface area contributed by atoms with Gasteiger partial charge in [0.1, 0.15) is 0 Å². The third-order valence-electron chi connectivity index (χ3n) is 3.09. The van der Waals surface area contributed by atoms with Crippen molar-refractivity contribution in [3.63, 3.8) is 0 Å². The fourth-order valence-electron chi connectivity index (χ4n) is 2.05. The Kier molecular flexibility index (Phi) is 3.78. The highest BCUT2D eigenvalue weighted by Gasteiger charge is 2.08. The van der Waals surface area contributed by atoms with Gasteiger partial charge in [0, 0.05) is 6.42 Å². The Morgan fingerprint density at radius 2 is 1.56 bits per heavy atom. The quantitative estimate of drug-likeness (QED) is 0.873. The summed E-state index contributed by atoms with van der Waals surface area (Å²) in [7, 11) is 0. The molecule has 1 amide bonds. The molecule has 18 heavy (non-hydrogen) atoms. The Morgan fingerprint density at radius 1 is 1.00 bits per heavy atom. The van der Waals surface area contributed by atoms with Crippen LogP contribution in [-0.4, -0.2) is 5.91 Å². The third-order valence-corrected chi connectivity index (χ3v) is 3.09. The van der Waals surface area contributed by atoms with Gasteiger partial charge in [0.15, 0.2) is 0 Å². The molecule has 0 heterocycles. The van der Waals surface area contributed by atoms with E-state index >= 15 is 0 Å². The van der Waals surface area contributed by atoms with Crippen LogP contribution >= 0.6 is 0 Å². The van der Waals surface area contributed by atoms with Gasteiger partial charge < -0.3 is 5.73 Å². The fourth-order valence-corrected chi connectivity index (χ4v) is 2.05. The summed E-state index contributed by atoms with van der Waals surface area (Å²) in [6, 6.07) is 18.5. The number of amides is 1. The summed E-state index contributed by atoms with van der Waals surface area (Å²) in [5.74, 6) is -0.0815. The normalized spacial score (nSPS) is 12.1. The molecular formula is C16H17NO. The highest BCUT2D eigenvalue weighted by Crippen LogP contribution is 2.23. The zero-order chi connectivity index (χ0) is 13.0. The first kappa shape index (κ1) is 12.4. The van der Waals surface area contributed by atoms with Crippen molar-refractivity contribution in [3.8, 4) is 11.1 Å². The molecule has 0 radical (unpaired) electrons. The van der Waals surface area contributed by atoms with Crippen LogP contribution in [0.3, 0.4) is 0 Å². The number of nitrogens with two attached hydrogens (primary N) is 1. The van der Waals surface area contributed by atoms with Gasteiger partial charge in [-0.25, -0.2) is 0 Å². The maximum absolute atomic E-state index is 10.9. The second kappa shape index (κ2) is 5.50. The molecule has 0 aromatic heterocycles. The van der Waals surface area contributed by atoms with Crippen LogP contribution in [-0.2, 0) is 4.79 Å². The largest absolute Gasteiger partial charge is 0.370 e. The van der Waals surface area contributed by atoms with Crippen LogP contribution in [0, 0.1) is 0 Å². The summed E-state index contributed by atoms with van der Waals surface area (Å²) in [5, 5.41) is 0. The lowest BCUT2D eigenvalue weighted by Gasteiger charge is -2.10. The first-order valence-electron chi connectivity index (χ1n) is 6.10. The molecule has 2 aromatic carbocycles. The van der Waals surface area contributed by atoms with E-state index in [1.54, 1.807) is 0 Å². The molecule has 2 rings (SSSR count). The van der Waals surface area contributed by atoms with Crippen molar-refractivity contribution in [1.82, 2.24) is 0 Å². The number of benzene rings is 2. The van der Waals surface area contributed by atoms with E-state index in [1.165, 1.54) is 11.1 Å². The molecule has 0 aliphatic heterocycles. The maximum Gasteiger partial charge on any atom is 0.218 e. The minimum Gasteiger partial charge on any atom is -0.370 e. The Balaban J connectivity index is 2.18. The van der Waals surface area contributed by atoms with E-state index in [-0.39, 0.29) is 11.8 Å². The van der Waals surface area contributed by atoms with Gasteiger partial charge in [-0.2, -0.15) is 0 Å². The van der Waals surface area contributed by atoms with Crippen LogP contribution in [0.15, 0.2) is 54.6 Å². The van der Waals surface area contributed by atoms with Crippen LogP contribution in [0.1, 0.15) is 24.8 Å². The molecule has 0 spiro atoms. The molecule has 0 fully saturated rings. The van der Waals surface area contributed by atoms with Crippen molar-refractivity contribution in [3.05, 3.63) is 60.2 Å². The summed E-state index contributed by atoms with van der Waals surface area (Å²) in [4.78, 5) is 10.9. The predicted octanol–water partition coefficient (Wildman–Crippen LogP) is 3.33. The van der Waals surface area contributed by atoms with E-state index in [4.69, 9.17) is 5.73 Å². The molecule has 2 N–H and O–H groups in total. The zero-order valence-corrected chi connectivity index (χ0v) is 10.5. The van der Waals surface area contributed by atoms with Crippen LogP contribution < -0.4 is 5.73 Å². The lowest BCUT2D eigenvalue weighted by molar-refractivity contribution is -0.118. The number of hydrogen-bond donors (Lipinski definition) is 1. The molecule has 1 atom stereocenters. The lowest BCUT2D eigenvalue weighted by Crippen LogP contribution is -2.13. The van der Waals surface area contributed by atoms with Gasteiger partial charge in [0.25, 0.3) is 0 Å². The van der Waals surface area contributed by atoms with Gasteiger partial charge in [0.05, 0.1) is 0 Å². The average molecular weight is 239 g/mol. The SMILES string of the molecule is CC(CC(N)=O)c1ccc(-c2ccccc2)cc1. The van der Waals surface area contributed by atoms with Crippen molar-refractivity contribution in [2.75, 3.05) is 0 Å². The van der Waals surface area contributed by atoms with E-state index in [0.717, 1.165) is 5.56 Å². The molecule has 92 valence electrons. The number of carbonyl (C=O) groups excluding carboxylic acids is 1. The van der Waals surface area contributed by atoms with E-state index in [9.17, 15) is 4.79 Å². The molecule has 0 bridgehead atoms. The lowest BCUT2D eigenvalue weighted by atomic mass is 9.95. The Morgan fingerprint density at radius 3 is 2.11 bits per heavy atom. The van der Waals surface area contributed by atoms with Crippen molar-refractivity contribution in [2.24, 2.45) is 5.73 Å². The zero-order valence-electron chi connectivity index (χ0n) is 10.5. The average Bonchev–Trinajstić information content (AvgIpc) is 2.39. The van der Waals surface area contributed by atoms with E-state index in [1.807, 2.05) is 25.1 Å². The molecule has 0 saturated heterocycles. The van der Waals surface area contributed by atoms with Gasteiger partial charge >= 0.3 is 0 Å². The maximum atomic E-state index is 10.9. The summed E-state index contributed by atoms with van der Waals surface area (Å²) in [5.41, 5.74) is 8.75. The first-order chi connectivity index (χ1) is 8.66. The highest BCUT2D eigenvalue weighted by molar-refractivity contribution is 5.74. The van der Waals surface area contributed by atoms with Gasteiger partial charge in [-0.05, 0) is 22.6 Å². The minimum atomic E-state index is -0.255. The second-order valence-electron chi connectivity index (χ2n) is 4.56. The molecule has 0 aliphatic rings. The molecule has 2 heteroatoms. The minimum absolute atomic E-state index is 0.173. The second-order valence-corrected chi connectivity index (χ2v) is 4.56. The van der Waals surface area contributed by atoms with E-state index in [0.29, 0.717) is 6.42 Å². The van der Waals surface area contributed by atoms with Gasteiger partial charge in [-0.1, -0.05) is 61.5 Å². The summed E-state index contributed by atoms with van der Waals surface area (Å²) in [6.07, 6.45) is 0.394. The Hall–Kier alpha value is -2.09. The van der Waals surface area contributed by atoms with Crippen molar-refractivity contribution >= 4 is 5.91 Å². The topological polar surface area (TPSA) is 43.1 Å². The van der Waals surface area contributed by atoms with E-state index < -0.39 is 0 Å². The van der Waals surface area contributed by atoms with Crippen LogP contribution in [0.4, 0.5) is 0 Å². The van der Waals surface area contributed by atoms with E-state index in [2.05, 4.69) is 36.4 Å². The predicted molar refractivity (Wildman–Crippen MR) is 74.1 cm³/mol. The van der Waals surface area contributed by atoms with Crippen LogP contribution in [0.5, 0.6) is 0 Å². The summed E-state index contributed by atoms with van der Waals surface area (Å²) in [6.45, 7) is 2.02. The summed E-state index contributed by atoms with van der Waals surface area (Å²) < 4.78 is 0. The Bertz CT molecular complexity index is 517. The molecular weight excluding hydrogens is 222 g/mol. The van der Waals surface area contributed by atoms with Gasteiger partial charge in [-0.15, -0.1) is 0 Å². The molecule has 0 saturated carbocycles. The molecule has 2 aromatic rings. The summed E-state index contributed by atoms with van der Waals surface area (Å²) >= 11 is 0. The van der Waals surface area contributed by atoms with Crippen LogP contribution in [0.25, 0.3) is 11.1 Å². The molecule has 1 unspecified atom stereocenters. The van der Waals surface area contributed by atoms with Crippen LogP contribution in [0.2, 0.25) is 0 Å². The highest BCUT2D eigenvalue weighted by atomic mass is 16.1. The van der Waals surface area contributed by atoms with Gasteiger partial charge in [0.2, 0.25) is 5.91 Å². The smallest absolute Gasteiger partial charge is 0.218 e. The monoisotopic (exact) mass is 239 g/mol. The third kappa shape index (κ3) is 2.98. The number of primary amides is 1. The number of hydrogen-bond acceptors (Lipinski definition) is 1. The van der Waals surface area contributed by atoms with Crippen molar-refractivity contribution in [1.29, 1.82) is 0 Å².